The van der Waals surface area contributed by atoms with Gasteiger partial charge in [-0.1, -0.05) is 166 Å². The molecule has 264 valence electrons. The smallest absolute Gasteiger partial charge is 0.0361 e. The van der Waals surface area contributed by atoms with E-state index in [1.54, 1.807) is 0 Å². The van der Waals surface area contributed by atoms with Crippen LogP contribution in [-0.2, 0) is 5.41 Å². The lowest BCUT2D eigenvalue weighted by Crippen LogP contribution is -2.17. The topological polar surface area (TPSA) is 0 Å². The van der Waals surface area contributed by atoms with Crippen LogP contribution >= 0.6 is 11.3 Å². The van der Waals surface area contributed by atoms with Crippen molar-refractivity contribution in [2.45, 2.75) is 31.6 Å². The van der Waals surface area contributed by atoms with E-state index in [9.17, 15) is 0 Å². The van der Waals surface area contributed by atoms with Crippen molar-refractivity contribution in [3.63, 3.8) is 0 Å². The van der Waals surface area contributed by atoms with Crippen LogP contribution in [0.4, 0.5) is 0 Å². The first kappa shape index (κ1) is 32.0. The van der Waals surface area contributed by atoms with Crippen molar-refractivity contribution in [1.29, 1.82) is 0 Å². The molecule has 1 unspecified atom stereocenters. The molecule has 2 aliphatic rings. The first-order valence-corrected chi connectivity index (χ1v) is 20.7. The van der Waals surface area contributed by atoms with Gasteiger partial charge in [0.1, 0.15) is 0 Å². The quantitative estimate of drug-likeness (QED) is 0.159. The van der Waals surface area contributed by atoms with Crippen LogP contribution in [0.15, 0.2) is 182 Å². The number of benzene rings is 9. The predicted octanol–water partition coefficient (Wildman–Crippen LogP) is 15.8. The van der Waals surface area contributed by atoms with E-state index < -0.39 is 0 Å². The fourth-order valence-electron chi connectivity index (χ4n) is 10.4. The highest BCUT2D eigenvalue weighted by Gasteiger charge is 2.41. The number of thiophene rings is 1. The third-order valence-corrected chi connectivity index (χ3v) is 14.0. The van der Waals surface area contributed by atoms with Gasteiger partial charge in [-0.3, -0.25) is 0 Å². The zero-order valence-corrected chi connectivity index (χ0v) is 32.3. The molecule has 0 bridgehead atoms. The molecule has 0 spiro atoms. The van der Waals surface area contributed by atoms with E-state index in [-0.39, 0.29) is 5.41 Å². The Morgan fingerprint density at radius 2 is 1.12 bits per heavy atom. The average molecular weight is 731 g/mol. The molecule has 0 saturated heterocycles. The highest BCUT2D eigenvalue weighted by atomic mass is 32.1. The molecule has 1 aromatic heterocycles. The van der Waals surface area contributed by atoms with Crippen LogP contribution in [0.5, 0.6) is 0 Å². The number of fused-ring (bicyclic) bond motifs is 11. The summed E-state index contributed by atoms with van der Waals surface area (Å²) >= 11 is 1.91. The summed E-state index contributed by atoms with van der Waals surface area (Å²) in [6.45, 7) is 4.87. The Morgan fingerprint density at radius 3 is 1.88 bits per heavy atom. The van der Waals surface area contributed by atoms with Crippen LogP contribution in [0.25, 0.3) is 91.1 Å². The molecule has 1 atom stereocenters. The molecule has 1 heteroatoms. The van der Waals surface area contributed by atoms with Crippen molar-refractivity contribution in [3.05, 3.63) is 198 Å². The molecule has 0 amide bonds. The maximum absolute atomic E-state index is 2.59. The summed E-state index contributed by atoms with van der Waals surface area (Å²) in [5.41, 5.74) is 12.2. The Bertz CT molecular complexity index is 3310. The third-order valence-electron chi connectivity index (χ3n) is 12.9. The van der Waals surface area contributed by atoms with Crippen LogP contribution in [0, 0.1) is 0 Å². The van der Waals surface area contributed by atoms with E-state index in [0.717, 1.165) is 6.42 Å². The van der Waals surface area contributed by atoms with Crippen LogP contribution in [-0.4, -0.2) is 0 Å². The molecule has 0 radical (unpaired) electrons. The Labute approximate surface area is 330 Å². The Balaban J connectivity index is 1.00. The monoisotopic (exact) mass is 730 g/mol. The van der Waals surface area contributed by atoms with Crippen molar-refractivity contribution in [3.8, 4) is 22.3 Å². The Morgan fingerprint density at radius 1 is 0.482 bits per heavy atom. The van der Waals surface area contributed by atoms with Crippen LogP contribution < -0.4 is 0 Å². The average Bonchev–Trinajstić information content (AvgIpc) is 3.72. The second kappa shape index (κ2) is 11.9. The van der Waals surface area contributed by atoms with Crippen molar-refractivity contribution in [2.75, 3.05) is 0 Å². The number of hydrogen-bond donors (Lipinski definition) is 0. The molecule has 0 saturated carbocycles. The van der Waals surface area contributed by atoms with Gasteiger partial charge in [0.25, 0.3) is 0 Å². The number of hydrogen-bond acceptors (Lipinski definition) is 1. The predicted molar refractivity (Wildman–Crippen MR) is 243 cm³/mol. The Kier molecular flexibility index (Phi) is 6.78. The minimum atomic E-state index is -0.0718. The first-order chi connectivity index (χ1) is 27.5. The van der Waals surface area contributed by atoms with Gasteiger partial charge in [-0.2, -0.15) is 0 Å². The lowest BCUT2D eigenvalue weighted by Gasteiger charge is -2.27. The summed E-state index contributed by atoms with van der Waals surface area (Å²) in [5.74, 6) is 0.295. The van der Waals surface area contributed by atoms with Gasteiger partial charge < -0.3 is 0 Å². The number of rotatable bonds is 3. The molecule has 12 rings (SSSR count). The summed E-state index contributed by atoms with van der Waals surface area (Å²) in [5, 5.41) is 13.2. The summed E-state index contributed by atoms with van der Waals surface area (Å²) in [6.07, 6.45) is 6.14. The largest absolute Gasteiger partial charge is 0.135 e. The normalized spacial score (nSPS) is 16.1. The van der Waals surface area contributed by atoms with E-state index in [4.69, 9.17) is 0 Å². The third kappa shape index (κ3) is 4.59. The molecular weight excluding hydrogens is 693 g/mol. The minimum Gasteiger partial charge on any atom is -0.135 e. The van der Waals surface area contributed by atoms with Gasteiger partial charge >= 0.3 is 0 Å². The van der Waals surface area contributed by atoms with E-state index in [1.165, 1.54) is 113 Å². The summed E-state index contributed by atoms with van der Waals surface area (Å²) < 4.78 is 2.73. The molecule has 0 nitrogen and oxygen atoms in total. The molecular formula is C55H38S. The maximum Gasteiger partial charge on any atom is 0.0361 e. The fraction of sp³-hybridized carbons (Fsp3) is 0.0909. The fourth-order valence-corrected chi connectivity index (χ4v) is 11.5. The van der Waals surface area contributed by atoms with Gasteiger partial charge in [0, 0.05) is 31.5 Å². The second-order valence-corrected chi connectivity index (χ2v) is 17.4. The molecule has 0 fully saturated rings. The van der Waals surface area contributed by atoms with Gasteiger partial charge in [0.2, 0.25) is 0 Å². The molecule has 56 heavy (non-hydrogen) atoms. The van der Waals surface area contributed by atoms with E-state index in [0.29, 0.717) is 5.92 Å². The second-order valence-electron chi connectivity index (χ2n) is 16.3. The minimum absolute atomic E-state index is 0.0718. The molecule has 2 aliphatic carbocycles. The summed E-state index contributed by atoms with van der Waals surface area (Å²) in [6, 6.07) is 61.6. The summed E-state index contributed by atoms with van der Waals surface area (Å²) in [4.78, 5) is 0. The molecule has 0 aliphatic heterocycles. The molecule has 1 heterocycles. The van der Waals surface area contributed by atoms with Gasteiger partial charge in [-0.15, -0.1) is 11.3 Å². The van der Waals surface area contributed by atoms with Crippen molar-refractivity contribution < 1.29 is 0 Å². The maximum atomic E-state index is 2.59. The van der Waals surface area contributed by atoms with Gasteiger partial charge in [-0.05, 0) is 124 Å². The SMILES string of the molecule is CC1(C)C2=CCC(c3cccc(-c4c5ccccc5c(-c5ccc6ccccc6c5)c5ccccc45)c3)C=C2c2ccc3cc4sc5ccccc5c4cc3c21. The highest BCUT2D eigenvalue weighted by molar-refractivity contribution is 7.25. The molecule has 0 N–H and O–H groups in total. The zero-order chi connectivity index (χ0) is 37.1. The molecule has 10 aromatic rings. The van der Waals surface area contributed by atoms with Gasteiger partial charge in [0.05, 0.1) is 0 Å². The zero-order valence-electron chi connectivity index (χ0n) is 31.4. The van der Waals surface area contributed by atoms with E-state index >= 15 is 0 Å². The van der Waals surface area contributed by atoms with Crippen molar-refractivity contribution >= 4 is 80.2 Å². The Hall–Kier alpha value is -6.28. The lowest BCUT2D eigenvalue weighted by atomic mass is 9.77. The van der Waals surface area contributed by atoms with E-state index in [2.05, 4.69) is 190 Å². The van der Waals surface area contributed by atoms with Gasteiger partial charge in [0.15, 0.2) is 0 Å². The van der Waals surface area contributed by atoms with Crippen LogP contribution in [0.3, 0.4) is 0 Å². The van der Waals surface area contributed by atoms with Crippen molar-refractivity contribution in [2.24, 2.45) is 0 Å². The van der Waals surface area contributed by atoms with Gasteiger partial charge in [-0.25, -0.2) is 0 Å². The number of allylic oxidation sites excluding steroid dienone is 4. The molecule has 9 aromatic carbocycles. The standard InChI is InChI=1S/C55H38S/c1-55(2)49-27-25-36(30-47(49)45-26-24-37-31-51-48(32-46(37)54(45)55)40-16-9-10-21-50(40)56-51)35-14-11-15-38(29-35)52-41-17-5-7-19-43(41)53(44-20-8-6-18-42(44)52)39-23-22-33-12-3-4-13-34(33)28-39/h3-24,26-32,36H,25H2,1-2H3. The highest BCUT2D eigenvalue weighted by Crippen LogP contribution is 2.56. The first-order valence-electron chi connectivity index (χ1n) is 19.9. The van der Waals surface area contributed by atoms with Crippen LogP contribution in [0.2, 0.25) is 0 Å². The van der Waals surface area contributed by atoms with E-state index in [1.807, 2.05) is 11.3 Å². The van der Waals surface area contributed by atoms with Crippen LogP contribution in [0.1, 0.15) is 42.9 Å². The van der Waals surface area contributed by atoms with Crippen molar-refractivity contribution in [1.82, 2.24) is 0 Å². The lowest BCUT2D eigenvalue weighted by molar-refractivity contribution is 0.656. The summed E-state index contributed by atoms with van der Waals surface area (Å²) in [7, 11) is 0.